The van der Waals surface area contributed by atoms with Gasteiger partial charge in [0.25, 0.3) is 5.91 Å². The Morgan fingerprint density at radius 3 is 2.67 bits per heavy atom. The SMILES string of the molecule is CCOC(=O)/C=C(\C)NC(=O)c1c([N+](=O)[O-])c(C)nn1C. The van der Waals surface area contributed by atoms with E-state index in [9.17, 15) is 19.7 Å². The van der Waals surface area contributed by atoms with Crippen LogP contribution in [-0.4, -0.2) is 33.2 Å². The summed E-state index contributed by atoms with van der Waals surface area (Å²) in [7, 11) is 1.43. The molecule has 0 aromatic carbocycles. The van der Waals surface area contributed by atoms with Gasteiger partial charge in [0.1, 0.15) is 5.69 Å². The van der Waals surface area contributed by atoms with Crippen LogP contribution in [0.4, 0.5) is 5.69 Å². The maximum absolute atomic E-state index is 12.1. The van der Waals surface area contributed by atoms with Crippen molar-refractivity contribution >= 4 is 17.6 Å². The lowest BCUT2D eigenvalue weighted by atomic mass is 10.3. The molecule has 1 amide bonds. The number of hydrogen-bond donors (Lipinski definition) is 1. The zero-order chi connectivity index (χ0) is 16.2. The van der Waals surface area contributed by atoms with Gasteiger partial charge in [-0.2, -0.15) is 5.10 Å². The number of nitro groups is 1. The lowest BCUT2D eigenvalue weighted by Crippen LogP contribution is -2.25. The number of nitrogens with zero attached hydrogens (tertiary/aromatic N) is 3. The summed E-state index contributed by atoms with van der Waals surface area (Å²) in [6.45, 7) is 4.78. The van der Waals surface area contributed by atoms with Gasteiger partial charge in [-0.1, -0.05) is 0 Å². The van der Waals surface area contributed by atoms with Crippen LogP contribution in [0.5, 0.6) is 0 Å². The molecule has 9 nitrogen and oxygen atoms in total. The number of carbonyl (C=O) groups is 2. The van der Waals surface area contributed by atoms with E-state index < -0.39 is 16.8 Å². The van der Waals surface area contributed by atoms with Crippen LogP contribution in [0.25, 0.3) is 0 Å². The van der Waals surface area contributed by atoms with E-state index in [0.717, 1.165) is 10.8 Å². The van der Waals surface area contributed by atoms with Gasteiger partial charge in [0.05, 0.1) is 11.5 Å². The maximum Gasteiger partial charge on any atom is 0.332 e. The third kappa shape index (κ3) is 3.88. The summed E-state index contributed by atoms with van der Waals surface area (Å²) in [4.78, 5) is 33.7. The van der Waals surface area contributed by atoms with E-state index in [2.05, 4.69) is 10.4 Å². The fourth-order valence-corrected chi connectivity index (χ4v) is 1.76. The number of ether oxygens (including phenoxy) is 1. The number of aryl methyl sites for hydroxylation is 2. The lowest BCUT2D eigenvalue weighted by molar-refractivity contribution is -0.385. The smallest absolute Gasteiger partial charge is 0.332 e. The molecular formula is C12H16N4O5. The minimum absolute atomic E-state index is 0.139. The van der Waals surface area contributed by atoms with E-state index in [1.165, 1.54) is 20.9 Å². The average Bonchev–Trinajstić information content (AvgIpc) is 2.63. The highest BCUT2D eigenvalue weighted by atomic mass is 16.6. The summed E-state index contributed by atoms with van der Waals surface area (Å²) < 4.78 is 5.82. The largest absolute Gasteiger partial charge is 0.463 e. The number of nitrogens with one attached hydrogen (secondary N) is 1. The van der Waals surface area contributed by atoms with Gasteiger partial charge >= 0.3 is 11.7 Å². The van der Waals surface area contributed by atoms with Crippen LogP contribution in [0.15, 0.2) is 11.8 Å². The molecular weight excluding hydrogens is 280 g/mol. The summed E-state index contributed by atoms with van der Waals surface area (Å²) in [5, 5.41) is 17.2. The van der Waals surface area contributed by atoms with Gasteiger partial charge in [0, 0.05) is 18.8 Å². The van der Waals surface area contributed by atoms with Crippen molar-refractivity contribution in [2.75, 3.05) is 6.61 Å². The topological polar surface area (TPSA) is 116 Å². The van der Waals surface area contributed by atoms with E-state index in [0.29, 0.717) is 0 Å². The van der Waals surface area contributed by atoms with Gasteiger partial charge < -0.3 is 10.1 Å². The molecule has 0 atom stereocenters. The monoisotopic (exact) mass is 296 g/mol. The number of carbonyl (C=O) groups excluding carboxylic acids is 2. The van der Waals surface area contributed by atoms with Gasteiger partial charge in [-0.15, -0.1) is 0 Å². The minimum atomic E-state index is -0.720. The zero-order valence-corrected chi connectivity index (χ0v) is 12.2. The van der Waals surface area contributed by atoms with Crippen molar-refractivity contribution in [2.45, 2.75) is 20.8 Å². The summed E-state index contributed by atoms with van der Waals surface area (Å²) in [6, 6.07) is 0. The summed E-state index contributed by atoms with van der Waals surface area (Å²) in [5.41, 5.74) is -0.195. The highest BCUT2D eigenvalue weighted by molar-refractivity contribution is 5.98. The molecule has 0 bridgehead atoms. The molecule has 1 N–H and O–H groups in total. The second-order valence-corrected chi connectivity index (χ2v) is 4.20. The Balaban J connectivity index is 3.00. The lowest BCUT2D eigenvalue weighted by Gasteiger charge is -2.05. The third-order valence-electron chi connectivity index (χ3n) is 2.52. The standard InChI is InChI=1S/C12H16N4O5/c1-5-21-9(17)6-7(2)13-12(18)11-10(16(19)20)8(3)14-15(11)4/h6H,5H2,1-4H3,(H,13,18)/b7-6+. The number of hydrogen-bond acceptors (Lipinski definition) is 6. The highest BCUT2D eigenvalue weighted by Crippen LogP contribution is 2.22. The van der Waals surface area contributed by atoms with Gasteiger partial charge in [-0.25, -0.2) is 4.79 Å². The van der Waals surface area contributed by atoms with Gasteiger partial charge in [-0.05, 0) is 20.8 Å². The van der Waals surface area contributed by atoms with E-state index in [1.54, 1.807) is 6.92 Å². The Morgan fingerprint density at radius 2 is 2.14 bits per heavy atom. The van der Waals surface area contributed by atoms with Crippen molar-refractivity contribution in [3.63, 3.8) is 0 Å². The molecule has 1 rings (SSSR count). The van der Waals surface area contributed by atoms with E-state index >= 15 is 0 Å². The van der Waals surface area contributed by atoms with Crippen molar-refractivity contribution in [3.8, 4) is 0 Å². The molecule has 1 aromatic rings. The molecule has 9 heteroatoms. The quantitative estimate of drug-likeness (QED) is 0.372. The van der Waals surface area contributed by atoms with Gasteiger partial charge in [0.2, 0.25) is 5.69 Å². The molecule has 0 unspecified atom stereocenters. The Hall–Kier alpha value is -2.71. The molecule has 0 saturated heterocycles. The second-order valence-electron chi connectivity index (χ2n) is 4.20. The molecule has 114 valence electrons. The fourth-order valence-electron chi connectivity index (χ4n) is 1.76. The van der Waals surface area contributed by atoms with Gasteiger partial charge in [-0.3, -0.25) is 19.6 Å². The minimum Gasteiger partial charge on any atom is -0.463 e. The molecule has 0 saturated carbocycles. The van der Waals surface area contributed by atoms with Crippen LogP contribution in [0.2, 0.25) is 0 Å². The molecule has 0 aliphatic carbocycles. The van der Waals surface area contributed by atoms with Crippen LogP contribution in [0, 0.1) is 17.0 Å². The summed E-state index contributed by atoms with van der Waals surface area (Å²) in [5.74, 6) is -1.33. The van der Waals surface area contributed by atoms with E-state index in [1.807, 2.05) is 0 Å². The predicted molar refractivity (Wildman–Crippen MR) is 72.5 cm³/mol. The molecule has 0 aliphatic heterocycles. The Labute approximate surface area is 120 Å². The number of esters is 1. The first-order valence-corrected chi connectivity index (χ1v) is 6.12. The van der Waals surface area contributed by atoms with Crippen molar-refractivity contribution in [3.05, 3.63) is 33.3 Å². The molecule has 0 spiro atoms. The number of amides is 1. The van der Waals surface area contributed by atoms with Crippen LogP contribution >= 0.6 is 0 Å². The van der Waals surface area contributed by atoms with Crippen molar-refractivity contribution in [1.29, 1.82) is 0 Å². The van der Waals surface area contributed by atoms with Gasteiger partial charge in [0.15, 0.2) is 0 Å². The first-order chi connectivity index (χ1) is 9.77. The maximum atomic E-state index is 12.1. The Kier molecular flexibility index (Phi) is 5.17. The predicted octanol–water partition coefficient (Wildman–Crippen LogP) is 0.833. The first kappa shape index (κ1) is 16.3. The summed E-state index contributed by atoms with van der Waals surface area (Å²) >= 11 is 0. The number of rotatable bonds is 5. The third-order valence-corrected chi connectivity index (χ3v) is 2.52. The fraction of sp³-hybridized carbons (Fsp3) is 0.417. The molecule has 0 fully saturated rings. The van der Waals surface area contributed by atoms with Crippen LogP contribution in [0.1, 0.15) is 30.0 Å². The first-order valence-electron chi connectivity index (χ1n) is 6.12. The molecule has 1 heterocycles. The normalized spacial score (nSPS) is 11.1. The Morgan fingerprint density at radius 1 is 1.52 bits per heavy atom. The number of allylic oxidation sites excluding steroid dienone is 1. The number of aromatic nitrogens is 2. The zero-order valence-electron chi connectivity index (χ0n) is 12.2. The summed E-state index contributed by atoms with van der Waals surface area (Å²) in [6.07, 6.45) is 1.09. The van der Waals surface area contributed by atoms with Crippen molar-refractivity contribution in [2.24, 2.45) is 7.05 Å². The van der Waals surface area contributed by atoms with Crippen molar-refractivity contribution < 1.29 is 19.2 Å². The van der Waals surface area contributed by atoms with Crippen LogP contribution in [0.3, 0.4) is 0 Å². The molecule has 1 aromatic heterocycles. The van der Waals surface area contributed by atoms with Crippen molar-refractivity contribution in [1.82, 2.24) is 15.1 Å². The molecule has 0 aliphatic rings. The molecule has 0 radical (unpaired) electrons. The average molecular weight is 296 g/mol. The van der Waals surface area contributed by atoms with Crippen LogP contribution < -0.4 is 5.32 Å². The molecule has 21 heavy (non-hydrogen) atoms. The van der Waals surface area contributed by atoms with Crippen LogP contribution in [-0.2, 0) is 16.6 Å². The van der Waals surface area contributed by atoms with E-state index in [-0.39, 0.29) is 29.4 Å². The second kappa shape index (κ2) is 6.64. The van der Waals surface area contributed by atoms with E-state index in [4.69, 9.17) is 4.74 Å². The highest BCUT2D eigenvalue weighted by Gasteiger charge is 2.29. The Bertz CT molecular complexity index is 617.